The molecule has 2 aromatic heterocycles. The number of hydrogen-bond donors (Lipinski definition) is 4. The molecule has 230 valence electrons. The number of nitrogens with two attached hydrogens (primary N) is 1. The van der Waals surface area contributed by atoms with Gasteiger partial charge in [0, 0.05) is 18.7 Å². The van der Waals surface area contributed by atoms with Gasteiger partial charge in [-0.05, 0) is 44.5 Å². The molecule has 0 amide bonds. The number of pyridine rings is 1. The first-order valence-electron chi connectivity index (χ1n) is 13.2. The van der Waals surface area contributed by atoms with Gasteiger partial charge in [-0.2, -0.15) is 23.1 Å². The van der Waals surface area contributed by atoms with Crippen LogP contribution in [0.15, 0.2) is 36.0 Å². The number of nitrogen functional groups attached to an aromatic ring is 1. The van der Waals surface area contributed by atoms with Crippen molar-refractivity contribution in [1.82, 2.24) is 20.3 Å². The first-order chi connectivity index (χ1) is 20.3. The van der Waals surface area contributed by atoms with E-state index >= 15 is 4.39 Å². The quantitative estimate of drug-likeness (QED) is 0.173. The Labute approximate surface area is 243 Å². The van der Waals surface area contributed by atoms with Gasteiger partial charge < -0.3 is 30.9 Å². The average molecular weight is 608 g/mol. The molecule has 0 saturated heterocycles. The van der Waals surface area contributed by atoms with Crippen molar-refractivity contribution in [3.63, 3.8) is 0 Å². The summed E-state index contributed by atoms with van der Waals surface area (Å²) in [6.07, 6.45) is -3.75. The van der Waals surface area contributed by atoms with Crippen molar-refractivity contribution >= 4 is 28.1 Å². The van der Waals surface area contributed by atoms with Crippen LogP contribution in [0.1, 0.15) is 24.5 Å². The highest BCUT2D eigenvalue weighted by atomic mass is 19.4. The van der Waals surface area contributed by atoms with E-state index in [1.165, 1.54) is 6.08 Å². The lowest BCUT2D eigenvalue weighted by Crippen LogP contribution is -2.26. The highest BCUT2D eigenvalue weighted by Gasteiger charge is 2.39. The van der Waals surface area contributed by atoms with Crippen LogP contribution in [0.4, 0.5) is 33.5 Å². The molecular weight excluding hydrogens is 577 g/mol. The number of benzene rings is 1. The van der Waals surface area contributed by atoms with Crippen LogP contribution in [0.5, 0.6) is 11.9 Å². The summed E-state index contributed by atoms with van der Waals surface area (Å²) in [7, 11) is 0. The third-order valence-electron chi connectivity index (χ3n) is 6.50. The van der Waals surface area contributed by atoms with Gasteiger partial charge in [0.2, 0.25) is 5.88 Å². The molecule has 3 heterocycles. The minimum atomic E-state index is -5.08. The molecule has 0 spiro atoms. The Kier molecular flexibility index (Phi) is 9.45. The first kappa shape index (κ1) is 31.6. The van der Waals surface area contributed by atoms with Gasteiger partial charge in [-0.25, -0.2) is 13.8 Å². The van der Waals surface area contributed by atoms with Crippen molar-refractivity contribution in [1.29, 1.82) is 0 Å². The van der Waals surface area contributed by atoms with Crippen LogP contribution in [0.2, 0.25) is 0 Å². The van der Waals surface area contributed by atoms with Crippen LogP contribution in [0.25, 0.3) is 22.2 Å². The van der Waals surface area contributed by atoms with Gasteiger partial charge in [-0.3, -0.25) is 4.99 Å². The Morgan fingerprint density at radius 3 is 2.65 bits per heavy atom. The average Bonchev–Trinajstić information content (AvgIpc) is 2.98. The van der Waals surface area contributed by atoms with E-state index in [0.29, 0.717) is 32.1 Å². The van der Waals surface area contributed by atoms with Crippen LogP contribution >= 0.6 is 0 Å². The van der Waals surface area contributed by atoms with Crippen molar-refractivity contribution < 1.29 is 36.5 Å². The zero-order valence-electron chi connectivity index (χ0n) is 23.4. The smallest absolute Gasteiger partial charge is 0.417 e. The summed E-state index contributed by atoms with van der Waals surface area (Å²) in [4.78, 5) is 16.7. The molecule has 1 atom stereocenters. The number of alkyl halides is 3. The summed E-state index contributed by atoms with van der Waals surface area (Å²) in [6.45, 7) is 10.5. The number of aromatic nitrogens is 3. The fourth-order valence-corrected chi connectivity index (χ4v) is 4.41. The van der Waals surface area contributed by atoms with Gasteiger partial charge in [0.05, 0.1) is 35.4 Å². The molecule has 1 aliphatic rings. The largest absolute Gasteiger partial charge is 0.474 e. The summed E-state index contributed by atoms with van der Waals surface area (Å²) >= 11 is 0. The van der Waals surface area contributed by atoms with E-state index in [9.17, 15) is 22.7 Å². The van der Waals surface area contributed by atoms with Gasteiger partial charge in [-0.1, -0.05) is 13.2 Å². The van der Waals surface area contributed by atoms with Gasteiger partial charge in [0.15, 0.2) is 5.82 Å². The van der Waals surface area contributed by atoms with Gasteiger partial charge in [-0.15, -0.1) is 0 Å². The zero-order valence-corrected chi connectivity index (χ0v) is 23.4. The Bertz CT molecular complexity index is 1590. The second-order valence-corrected chi connectivity index (χ2v) is 9.70. The Morgan fingerprint density at radius 1 is 1.23 bits per heavy atom. The topological polar surface area (TPSA) is 140 Å². The summed E-state index contributed by atoms with van der Waals surface area (Å²) in [5, 5.41) is 15.4. The second-order valence-electron chi connectivity index (χ2n) is 9.70. The number of aliphatic imine (C=N–C) groups is 1. The van der Waals surface area contributed by atoms with Crippen molar-refractivity contribution in [2.75, 3.05) is 43.9 Å². The lowest BCUT2D eigenvalue weighted by atomic mass is 9.96. The maximum atomic E-state index is 16.4. The summed E-state index contributed by atoms with van der Waals surface area (Å²) in [6, 6.07) is 0.328. The van der Waals surface area contributed by atoms with E-state index in [1.54, 1.807) is 6.92 Å². The first-order valence-corrected chi connectivity index (χ1v) is 13.2. The van der Waals surface area contributed by atoms with Crippen molar-refractivity contribution in [3.8, 4) is 23.1 Å². The van der Waals surface area contributed by atoms with E-state index in [2.05, 4.69) is 43.7 Å². The number of halogens is 5. The molecule has 43 heavy (non-hydrogen) atoms. The monoisotopic (exact) mass is 607 g/mol. The lowest BCUT2D eigenvalue weighted by molar-refractivity contribution is -0.137. The lowest BCUT2D eigenvalue weighted by Gasteiger charge is -2.21. The van der Waals surface area contributed by atoms with Gasteiger partial charge >= 0.3 is 12.2 Å². The predicted molar refractivity (Wildman–Crippen MR) is 152 cm³/mol. The SMILES string of the molecule is C=CC(COc1nc2c3c(nc(-c4cc(N)c(F)c(C)c4C(F)(F)F)c(F)c3n1)OC(C)CCNCCN2)=NC(=C)CO. The fraction of sp³-hybridized carbons (Fsp3) is 0.357. The van der Waals surface area contributed by atoms with Gasteiger partial charge in [0.25, 0.3) is 0 Å². The normalized spacial score (nSPS) is 16.2. The van der Waals surface area contributed by atoms with E-state index < -0.39 is 64.1 Å². The molecule has 0 fully saturated rings. The predicted octanol–water partition coefficient (Wildman–Crippen LogP) is 4.56. The highest BCUT2D eigenvalue weighted by Crippen LogP contribution is 2.44. The molecule has 4 rings (SSSR count). The number of anilines is 2. The van der Waals surface area contributed by atoms with E-state index in [1.807, 2.05) is 0 Å². The van der Waals surface area contributed by atoms with E-state index in [-0.39, 0.29) is 41.1 Å². The zero-order chi connectivity index (χ0) is 31.5. The standard InChI is InChI=1S/C28H30F5N7O3/c1-5-16(37-13(2)11-41)12-42-27-39-24-19-25(40-27)36-9-8-35-7-6-14(3)43-26(19)38-23(22(24)30)17-10-18(34)21(29)15(4)20(17)28(31,32)33/h5,10,14,35,41H,1-2,6-9,11-12,34H2,3-4H3,(H,36,39,40). The number of nitrogens with zero attached hydrogens (tertiary/aromatic N) is 4. The number of aliphatic hydroxyl groups is 1. The van der Waals surface area contributed by atoms with Crippen molar-refractivity contribution in [3.05, 3.63) is 53.8 Å². The minimum Gasteiger partial charge on any atom is -0.474 e. The van der Waals surface area contributed by atoms with Crippen LogP contribution in [-0.2, 0) is 6.18 Å². The molecule has 3 aromatic rings. The molecule has 1 unspecified atom stereocenters. The van der Waals surface area contributed by atoms with Crippen molar-refractivity contribution in [2.24, 2.45) is 4.99 Å². The molecule has 15 heteroatoms. The molecule has 0 radical (unpaired) electrons. The number of aliphatic hydroxyl groups excluding tert-OH is 1. The molecule has 0 aliphatic carbocycles. The maximum absolute atomic E-state index is 16.4. The number of ether oxygens (including phenoxy) is 2. The Morgan fingerprint density at radius 2 is 1.98 bits per heavy atom. The minimum absolute atomic E-state index is 0.0333. The van der Waals surface area contributed by atoms with Crippen LogP contribution in [0.3, 0.4) is 0 Å². The Balaban J connectivity index is 2.00. The van der Waals surface area contributed by atoms with Crippen molar-refractivity contribution in [2.45, 2.75) is 32.5 Å². The molecule has 1 aliphatic heterocycles. The maximum Gasteiger partial charge on any atom is 0.417 e. The number of nitrogens with one attached hydrogen (secondary N) is 2. The molecular formula is C28H30F5N7O3. The summed E-state index contributed by atoms with van der Waals surface area (Å²) in [5.74, 6) is -2.73. The third-order valence-corrected chi connectivity index (χ3v) is 6.50. The van der Waals surface area contributed by atoms with Crippen LogP contribution in [-0.4, -0.2) is 64.7 Å². The molecule has 10 nitrogen and oxygen atoms in total. The van der Waals surface area contributed by atoms with Gasteiger partial charge in [0.1, 0.15) is 34.8 Å². The summed E-state index contributed by atoms with van der Waals surface area (Å²) < 4.78 is 85.3. The van der Waals surface area contributed by atoms with E-state index in [0.717, 1.165) is 6.92 Å². The molecule has 0 saturated carbocycles. The Hall–Kier alpha value is -4.37. The molecule has 1 aromatic carbocycles. The fourth-order valence-electron chi connectivity index (χ4n) is 4.41. The second kappa shape index (κ2) is 12.9. The highest BCUT2D eigenvalue weighted by molar-refractivity contribution is 5.97. The molecule has 0 bridgehead atoms. The molecule has 5 N–H and O–H groups in total. The van der Waals surface area contributed by atoms with Crippen LogP contribution < -0.4 is 25.8 Å². The third kappa shape index (κ3) is 6.83. The summed E-state index contributed by atoms with van der Waals surface area (Å²) in [5.41, 5.74) is 1.14. The number of hydrogen-bond acceptors (Lipinski definition) is 10. The van der Waals surface area contributed by atoms with Crippen LogP contribution in [0, 0.1) is 18.6 Å². The number of rotatable bonds is 7. The van der Waals surface area contributed by atoms with E-state index in [4.69, 9.17) is 15.2 Å².